The number of H-pyrrole nitrogens is 1. The van der Waals surface area contributed by atoms with Crippen molar-refractivity contribution in [1.82, 2.24) is 14.6 Å². The molecule has 204 valence electrons. The molecular formula is C31H36N4O3S. The largest absolute Gasteiger partial charge is 0.494 e. The number of aromatic nitrogens is 1. The molecule has 39 heavy (non-hydrogen) atoms. The van der Waals surface area contributed by atoms with Gasteiger partial charge in [0.1, 0.15) is 0 Å². The van der Waals surface area contributed by atoms with Crippen LogP contribution >= 0.6 is 0 Å². The molecule has 1 aliphatic heterocycles. The number of aliphatic imine (C=N–C) groups is 1. The molecular weight excluding hydrogens is 508 g/mol. The molecule has 1 aromatic heterocycles. The Morgan fingerprint density at radius 1 is 1.03 bits per heavy atom. The van der Waals surface area contributed by atoms with E-state index in [1.54, 1.807) is 18.2 Å². The Balaban J connectivity index is 1.54. The number of benzene rings is 3. The average molecular weight is 545 g/mol. The molecule has 0 saturated carbocycles. The Bertz CT molecular complexity index is 1550. The van der Waals surface area contributed by atoms with Gasteiger partial charge < -0.3 is 10.1 Å². The van der Waals surface area contributed by atoms with E-state index in [1.165, 1.54) is 18.4 Å². The van der Waals surface area contributed by atoms with Gasteiger partial charge in [0.25, 0.3) is 0 Å². The van der Waals surface area contributed by atoms with Crippen LogP contribution in [0.1, 0.15) is 49.8 Å². The highest BCUT2D eigenvalue weighted by Gasteiger charge is 2.22. The number of likely N-dealkylation sites (tertiary alicyclic amines) is 1. The van der Waals surface area contributed by atoms with Crippen LogP contribution in [0.25, 0.3) is 10.9 Å². The molecule has 0 bridgehead atoms. The predicted octanol–water partition coefficient (Wildman–Crippen LogP) is 5.96. The Kier molecular flexibility index (Phi) is 8.16. The standard InChI is InChI=1S/C31H36N4O3S/c1-22(2)16-17-32-39(37,38)26-14-15-28-27(20-26)29(31(36)34-28)30(24-8-4-3-5-9-24)33-25-12-10-23(11-13-25)21-35-18-6-7-19-35/h3-5,8-15,20,22,32,34,36H,6-7,16-19,21H2,1-2H3. The molecule has 0 aliphatic carbocycles. The topological polar surface area (TPSA) is 97.8 Å². The van der Waals surface area contributed by atoms with Gasteiger partial charge in [0, 0.05) is 29.6 Å². The fourth-order valence-electron chi connectivity index (χ4n) is 4.99. The van der Waals surface area contributed by atoms with Gasteiger partial charge in [0.15, 0.2) is 5.88 Å². The molecule has 0 radical (unpaired) electrons. The van der Waals surface area contributed by atoms with Crippen molar-refractivity contribution in [2.75, 3.05) is 19.6 Å². The number of rotatable bonds is 10. The highest BCUT2D eigenvalue weighted by Crippen LogP contribution is 2.33. The second-order valence-corrected chi connectivity index (χ2v) is 12.4. The summed E-state index contributed by atoms with van der Waals surface area (Å²) in [5.41, 5.74) is 4.48. The van der Waals surface area contributed by atoms with Crippen LogP contribution in [0, 0.1) is 5.92 Å². The highest BCUT2D eigenvalue weighted by molar-refractivity contribution is 7.89. The number of nitrogens with one attached hydrogen (secondary N) is 2. The number of fused-ring (bicyclic) bond motifs is 1. The zero-order valence-corrected chi connectivity index (χ0v) is 23.3. The lowest BCUT2D eigenvalue weighted by atomic mass is 10.0. The van der Waals surface area contributed by atoms with E-state index < -0.39 is 10.0 Å². The maximum absolute atomic E-state index is 13.0. The number of nitrogens with zero attached hydrogens (tertiary/aromatic N) is 2. The lowest BCUT2D eigenvalue weighted by Gasteiger charge is -2.14. The first-order chi connectivity index (χ1) is 18.8. The van der Waals surface area contributed by atoms with Crippen molar-refractivity contribution in [3.63, 3.8) is 0 Å². The first kappa shape index (κ1) is 27.1. The maximum atomic E-state index is 13.0. The van der Waals surface area contributed by atoms with Crippen molar-refractivity contribution in [2.45, 2.75) is 44.6 Å². The van der Waals surface area contributed by atoms with Crippen LogP contribution in [-0.4, -0.2) is 48.8 Å². The van der Waals surface area contributed by atoms with Crippen LogP contribution in [0.4, 0.5) is 5.69 Å². The molecule has 5 rings (SSSR count). The summed E-state index contributed by atoms with van der Waals surface area (Å²) in [6.07, 6.45) is 3.27. The van der Waals surface area contributed by atoms with E-state index in [1.807, 2.05) is 42.5 Å². The number of hydrogen-bond acceptors (Lipinski definition) is 5. The van der Waals surface area contributed by atoms with Gasteiger partial charge in [-0.3, -0.25) is 4.90 Å². The van der Waals surface area contributed by atoms with Crippen LogP contribution < -0.4 is 4.72 Å². The minimum atomic E-state index is -3.71. The van der Waals surface area contributed by atoms with E-state index in [9.17, 15) is 13.5 Å². The van der Waals surface area contributed by atoms with Gasteiger partial charge in [-0.15, -0.1) is 0 Å². The fourth-order valence-corrected chi connectivity index (χ4v) is 6.07. The van der Waals surface area contributed by atoms with Gasteiger partial charge in [-0.1, -0.05) is 56.3 Å². The molecule has 2 heterocycles. The Hall–Kier alpha value is -3.46. The quantitative estimate of drug-likeness (QED) is 0.215. The van der Waals surface area contributed by atoms with Crippen molar-refractivity contribution in [3.05, 3.63) is 89.5 Å². The lowest BCUT2D eigenvalue weighted by molar-refractivity contribution is 0.331. The van der Waals surface area contributed by atoms with E-state index in [2.05, 4.69) is 40.6 Å². The average Bonchev–Trinajstić information content (AvgIpc) is 3.55. The molecule has 3 aromatic carbocycles. The Morgan fingerprint density at radius 3 is 2.44 bits per heavy atom. The monoisotopic (exact) mass is 544 g/mol. The minimum absolute atomic E-state index is 0.0550. The summed E-state index contributed by atoms with van der Waals surface area (Å²) in [4.78, 5) is 10.6. The maximum Gasteiger partial charge on any atom is 0.240 e. The predicted molar refractivity (Wildman–Crippen MR) is 157 cm³/mol. The molecule has 1 fully saturated rings. The normalized spacial score (nSPS) is 15.0. The van der Waals surface area contributed by atoms with Crippen LogP contribution in [-0.2, 0) is 16.6 Å². The van der Waals surface area contributed by atoms with Crippen LogP contribution in [0.3, 0.4) is 0 Å². The van der Waals surface area contributed by atoms with E-state index >= 15 is 0 Å². The van der Waals surface area contributed by atoms with Crippen LogP contribution in [0.2, 0.25) is 0 Å². The van der Waals surface area contributed by atoms with Crippen molar-refractivity contribution in [3.8, 4) is 5.88 Å². The summed E-state index contributed by atoms with van der Waals surface area (Å²) in [6.45, 7) is 7.70. The van der Waals surface area contributed by atoms with Gasteiger partial charge in [-0.25, -0.2) is 18.1 Å². The van der Waals surface area contributed by atoms with Gasteiger partial charge in [0.05, 0.1) is 21.9 Å². The van der Waals surface area contributed by atoms with Gasteiger partial charge >= 0.3 is 0 Å². The smallest absolute Gasteiger partial charge is 0.240 e. The van der Waals surface area contributed by atoms with Crippen molar-refractivity contribution >= 4 is 32.3 Å². The molecule has 8 heteroatoms. The zero-order valence-electron chi connectivity index (χ0n) is 22.5. The van der Waals surface area contributed by atoms with E-state index in [4.69, 9.17) is 4.99 Å². The Morgan fingerprint density at radius 2 is 1.74 bits per heavy atom. The third-order valence-electron chi connectivity index (χ3n) is 7.14. The summed E-state index contributed by atoms with van der Waals surface area (Å²) >= 11 is 0. The second-order valence-electron chi connectivity index (χ2n) is 10.6. The molecule has 0 unspecified atom stereocenters. The first-order valence-electron chi connectivity index (χ1n) is 13.6. The number of hydrogen-bond donors (Lipinski definition) is 3. The third kappa shape index (κ3) is 6.41. The van der Waals surface area contributed by atoms with Gasteiger partial charge in [-0.2, -0.15) is 0 Å². The van der Waals surface area contributed by atoms with Crippen LogP contribution in [0.5, 0.6) is 5.88 Å². The summed E-state index contributed by atoms with van der Waals surface area (Å²) < 4.78 is 28.8. The second kappa shape index (κ2) is 11.7. The molecule has 3 N–H and O–H groups in total. The number of aromatic amines is 1. The van der Waals surface area contributed by atoms with Crippen molar-refractivity contribution in [1.29, 1.82) is 0 Å². The highest BCUT2D eigenvalue weighted by atomic mass is 32.2. The third-order valence-corrected chi connectivity index (χ3v) is 8.60. The fraction of sp³-hybridized carbons (Fsp3) is 0.323. The summed E-state index contributed by atoms with van der Waals surface area (Å²) in [6, 6.07) is 22.7. The summed E-state index contributed by atoms with van der Waals surface area (Å²) in [5.74, 6) is 0.336. The van der Waals surface area contributed by atoms with E-state index in [0.717, 1.165) is 37.3 Å². The first-order valence-corrected chi connectivity index (χ1v) is 15.1. The number of aromatic hydroxyl groups is 1. The molecule has 7 nitrogen and oxygen atoms in total. The molecule has 0 amide bonds. The molecule has 1 aliphatic rings. The van der Waals surface area contributed by atoms with E-state index in [0.29, 0.717) is 34.6 Å². The van der Waals surface area contributed by atoms with Crippen LogP contribution in [0.15, 0.2) is 82.7 Å². The molecule has 0 spiro atoms. The molecule has 0 atom stereocenters. The Labute approximate surface area is 230 Å². The summed E-state index contributed by atoms with van der Waals surface area (Å²) in [5, 5.41) is 11.6. The molecule has 1 saturated heterocycles. The summed E-state index contributed by atoms with van der Waals surface area (Å²) in [7, 11) is -3.71. The number of sulfonamides is 1. The van der Waals surface area contributed by atoms with Crippen molar-refractivity contribution in [2.24, 2.45) is 10.9 Å². The van der Waals surface area contributed by atoms with E-state index in [-0.39, 0.29) is 10.8 Å². The van der Waals surface area contributed by atoms with Gasteiger partial charge in [0.2, 0.25) is 10.0 Å². The SMILES string of the molecule is CC(C)CCNS(=O)(=O)c1ccc2[nH]c(O)c(C(=Nc3ccc(CN4CCCC4)cc3)c3ccccc3)c2c1. The van der Waals surface area contributed by atoms with Crippen molar-refractivity contribution < 1.29 is 13.5 Å². The molecule has 4 aromatic rings. The lowest BCUT2D eigenvalue weighted by Crippen LogP contribution is -2.25. The minimum Gasteiger partial charge on any atom is -0.494 e. The zero-order chi connectivity index (χ0) is 27.4. The van der Waals surface area contributed by atoms with Gasteiger partial charge in [-0.05, 0) is 74.2 Å².